The van der Waals surface area contributed by atoms with Gasteiger partial charge in [-0.05, 0) is 18.2 Å². The van der Waals surface area contributed by atoms with Crippen molar-refractivity contribution in [3.8, 4) is 6.07 Å². The minimum absolute atomic E-state index is 0.0131. The Kier molecular flexibility index (Phi) is 4.11. The van der Waals surface area contributed by atoms with Gasteiger partial charge in [0.25, 0.3) is 0 Å². The second kappa shape index (κ2) is 5.35. The highest BCUT2D eigenvalue weighted by molar-refractivity contribution is 6.37. The van der Waals surface area contributed by atoms with Crippen molar-refractivity contribution in [1.82, 2.24) is 0 Å². The smallest absolute Gasteiger partial charge is 0.211 e. The minimum Gasteiger partial charge on any atom is -0.369 e. The van der Waals surface area contributed by atoms with E-state index in [2.05, 4.69) is 10.2 Å². The molecule has 0 atom stereocenters. The normalized spacial score (nSPS) is 10.7. The Morgan fingerprint density at radius 1 is 1.25 bits per heavy atom. The summed E-state index contributed by atoms with van der Waals surface area (Å²) in [5, 5.41) is 16.6. The molecule has 7 heteroatoms. The number of nitrogens with zero attached hydrogens (tertiary/aromatic N) is 3. The molecule has 0 fully saturated rings. The summed E-state index contributed by atoms with van der Waals surface area (Å²) < 4.78 is 0. The zero-order chi connectivity index (χ0) is 12.1. The molecule has 0 amide bonds. The van der Waals surface area contributed by atoms with Gasteiger partial charge in [-0.1, -0.05) is 23.2 Å². The van der Waals surface area contributed by atoms with Crippen LogP contribution in [0.4, 0.5) is 0 Å². The lowest BCUT2D eigenvalue weighted by Crippen LogP contribution is -2.22. The van der Waals surface area contributed by atoms with Gasteiger partial charge in [-0.3, -0.25) is 0 Å². The van der Waals surface area contributed by atoms with Crippen LogP contribution in [0.15, 0.2) is 28.4 Å². The third kappa shape index (κ3) is 3.12. The molecule has 0 unspecified atom stereocenters. The van der Waals surface area contributed by atoms with Crippen molar-refractivity contribution < 1.29 is 0 Å². The summed E-state index contributed by atoms with van der Waals surface area (Å²) in [4.78, 5) is 0. The zero-order valence-corrected chi connectivity index (χ0v) is 9.50. The van der Waals surface area contributed by atoms with Crippen LogP contribution in [-0.2, 0) is 0 Å². The highest BCUT2D eigenvalue weighted by atomic mass is 35.5. The summed E-state index contributed by atoms with van der Waals surface area (Å²) in [6.45, 7) is 0. The number of nitrogens with two attached hydrogens (primary N) is 2. The lowest BCUT2D eigenvalue weighted by atomic mass is 10.1. The molecule has 0 aliphatic heterocycles. The maximum atomic E-state index is 8.87. The number of rotatable bonds is 2. The van der Waals surface area contributed by atoms with Gasteiger partial charge in [-0.15, -0.1) is 10.2 Å². The van der Waals surface area contributed by atoms with Gasteiger partial charge in [-0.2, -0.15) is 5.26 Å². The highest BCUT2D eigenvalue weighted by Gasteiger charge is 2.08. The summed E-state index contributed by atoms with van der Waals surface area (Å²) in [5.74, 6) is -0.245. The van der Waals surface area contributed by atoms with Gasteiger partial charge in [-0.25, -0.2) is 0 Å². The van der Waals surface area contributed by atoms with Crippen molar-refractivity contribution in [2.24, 2.45) is 21.7 Å². The Morgan fingerprint density at radius 2 is 1.94 bits per heavy atom. The summed E-state index contributed by atoms with van der Waals surface area (Å²) in [7, 11) is 0. The van der Waals surface area contributed by atoms with E-state index in [0.717, 1.165) is 0 Å². The van der Waals surface area contributed by atoms with Crippen LogP contribution >= 0.6 is 23.2 Å². The van der Waals surface area contributed by atoms with E-state index >= 15 is 0 Å². The van der Waals surface area contributed by atoms with Crippen LogP contribution in [0.2, 0.25) is 10.0 Å². The van der Waals surface area contributed by atoms with Gasteiger partial charge >= 0.3 is 0 Å². The van der Waals surface area contributed by atoms with E-state index in [0.29, 0.717) is 15.6 Å². The van der Waals surface area contributed by atoms with E-state index in [1.807, 2.05) is 6.07 Å². The van der Waals surface area contributed by atoms with Crippen LogP contribution in [0.25, 0.3) is 0 Å². The van der Waals surface area contributed by atoms with Crippen molar-refractivity contribution in [3.63, 3.8) is 0 Å². The van der Waals surface area contributed by atoms with E-state index in [4.69, 9.17) is 39.9 Å². The topological polar surface area (TPSA) is 101 Å². The van der Waals surface area contributed by atoms with E-state index in [1.54, 1.807) is 12.1 Å². The fourth-order valence-corrected chi connectivity index (χ4v) is 1.30. The summed E-state index contributed by atoms with van der Waals surface area (Å²) in [5.41, 5.74) is 10.6. The van der Waals surface area contributed by atoms with E-state index in [9.17, 15) is 0 Å². The molecule has 0 saturated carbocycles. The lowest BCUT2D eigenvalue weighted by molar-refractivity contribution is 1.20. The van der Waals surface area contributed by atoms with E-state index in [1.165, 1.54) is 6.07 Å². The molecule has 5 nitrogen and oxygen atoms in total. The molecule has 0 saturated heterocycles. The standard InChI is InChI=1S/C9H7Cl2N5/c10-5-1-2-7(11)6(3-5)8(4-12)15-16-9(13)14/h1-3H,(H4,13,14,16)/b15-8-. The first-order valence-corrected chi connectivity index (χ1v) is 4.82. The zero-order valence-electron chi connectivity index (χ0n) is 7.98. The first kappa shape index (κ1) is 12.3. The van der Waals surface area contributed by atoms with Crippen molar-refractivity contribution >= 4 is 34.9 Å². The molecule has 0 heterocycles. The van der Waals surface area contributed by atoms with Crippen LogP contribution in [0.5, 0.6) is 0 Å². The van der Waals surface area contributed by atoms with Crippen molar-refractivity contribution in [2.75, 3.05) is 0 Å². The third-order valence-corrected chi connectivity index (χ3v) is 2.12. The Morgan fingerprint density at radius 3 is 2.50 bits per heavy atom. The molecule has 0 aliphatic carbocycles. The molecular formula is C9H7Cl2N5. The van der Waals surface area contributed by atoms with Gasteiger partial charge in [0.15, 0.2) is 5.71 Å². The first-order chi connectivity index (χ1) is 7.54. The molecule has 0 aliphatic rings. The predicted molar refractivity (Wildman–Crippen MR) is 64.4 cm³/mol. The summed E-state index contributed by atoms with van der Waals surface area (Å²) >= 11 is 11.7. The van der Waals surface area contributed by atoms with Crippen LogP contribution in [0.1, 0.15) is 5.56 Å². The largest absolute Gasteiger partial charge is 0.369 e. The molecule has 1 aromatic carbocycles. The number of halogens is 2. The molecule has 16 heavy (non-hydrogen) atoms. The fraction of sp³-hybridized carbons (Fsp3) is 0. The van der Waals surface area contributed by atoms with Gasteiger partial charge in [0.05, 0.1) is 5.02 Å². The molecule has 4 N–H and O–H groups in total. The summed E-state index contributed by atoms with van der Waals surface area (Å²) in [6.07, 6.45) is 0. The Hall–Kier alpha value is -1.77. The van der Waals surface area contributed by atoms with Gasteiger partial charge in [0.2, 0.25) is 5.96 Å². The first-order valence-electron chi connectivity index (χ1n) is 4.06. The fourth-order valence-electron chi connectivity index (χ4n) is 0.923. The summed E-state index contributed by atoms with van der Waals surface area (Å²) in [6, 6.07) is 6.50. The molecule has 1 rings (SSSR count). The van der Waals surface area contributed by atoms with Crippen molar-refractivity contribution in [1.29, 1.82) is 5.26 Å². The monoisotopic (exact) mass is 255 g/mol. The third-order valence-electron chi connectivity index (χ3n) is 1.55. The van der Waals surface area contributed by atoms with Crippen molar-refractivity contribution in [2.45, 2.75) is 0 Å². The van der Waals surface area contributed by atoms with Crippen LogP contribution < -0.4 is 11.5 Å². The molecule has 0 bridgehead atoms. The Balaban J connectivity index is 3.25. The maximum Gasteiger partial charge on any atom is 0.211 e. The molecule has 1 aromatic rings. The average molecular weight is 256 g/mol. The quantitative estimate of drug-likeness (QED) is 0.476. The highest BCUT2D eigenvalue weighted by Crippen LogP contribution is 2.21. The molecule has 0 aromatic heterocycles. The lowest BCUT2D eigenvalue weighted by Gasteiger charge is -2.00. The molecule has 0 radical (unpaired) electrons. The maximum absolute atomic E-state index is 8.87. The van der Waals surface area contributed by atoms with Gasteiger partial charge < -0.3 is 11.5 Å². The molecule has 0 spiro atoms. The minimum atomic E-state index is -0.245. The number of benzene rings is 1. The Labute approximate surface area is 102 Å². The van der Waals surface area contributed by atoms with Gasteiger partial charge in [0.1, 0.15) is 6.07 Å². The van der Waals surface area contributed by atoms with Crippen LogP contribution in [0, 0.1) is 11.3 Å². The van der Waals surface area contributed by atoms with Crippen LogP contribution in [-0.4, -0.2) is 11.7 Å². The number of hydrogen-bond acceptors (Lipinski definition) is 3. The van der Waals surface area contributed by atoms with E-state index < -0.39 is 0 Å². The van der Waals surface area contributed by atoms with Gasteiger partial charge in [0, 0.05) is 10.6 Å². The van der Waals surface area contributed by atoms with Crippen molar-refractivity contribution in [3.05, 3.63) is 33.8 Å². The molecular weight excluding hydrogens is 249 g/mol. The second-order valence-electron chi connectivity index (χ2n) is 2.71. The average Bonchev–Trinajstić information content (AvgIpc) is 2.23. The number of nitriles is 1. The Bertz CT molecular complexity index is 497. The second-order valence-corrected chi connectivity index (χ2v) is 3.55. The number of guanidine groups is 1. The van der Waals surface area contributed by atoms with E-state index in [-0.39, 0.29) is 11.7 Å². The van der Waals surface area contributed by atoms with Crippen LogP contribution in [0.3, 0.4) is 0 Å². The number of hydrogen-bond donors (Lipinski definition) is 2. The molecule has 82 valence electrons. The predicted octanol–water partition coefficient (Wildman–Crippen LogP) is 1.49. The SMILES string of the molecule is N#C/C(=N/N=C(N)N)c1cc(Cl)ccc1Cl.